The first kappa shape index (κ1) is 14.0. The molecule has 1 aliphatic rings. The SMILES string of the molecule is O=C(O)C1CSC(c2ccccc2O)N1C(=O)CCl. The maximum atomic E-state index is 11.9. The highest BCUT2D eigenvalue weighted by Crippen LogP contribution is 2.44. The summed E-state index contributed by atoms with van der Waals surface area (Å²) in [6.07, 6.45) is 0. The zero-order chi connectivity index (χ0) is 14.0. The molecule has 2 rings (SSSR count). The van der Waals surface area contributed by atoms with E-state index in [0.29, 0.717) is 5.56 Å². The van der Waals surface area contributed by atoms with Crippen LogP contribution in [0.25, 0.3) is 0 Å². The molecule has 0 spiro atoms. The predicted octanol–water partition coefficient (Wildman–Crippen LogP) is 1.66. The van der Waals surface area contributed by atoms with Crippen LogP contribution in [0.15, 0.2) is 24.3 Å². The number of halogens is 1. The zero-order valence-corrected chi connectivity index (χ0v) is 11.4. The fraction of sp³-hybridized carbons (Fsp3) is 0.333. The predicted molar refractivity (Wildman–Crippen MR) is 72.3 cm³/mol. The molecule has 1 amide bonds. The molecule has 0 aromatic heterocycles. The van der Waals surface area contributed by atoms with Gasteiger partial charge in [0.1, 0.15) is 23.0 Å². The van der Waals surface area contributed by atoms with Gasteiger partial charge in [-0.05, 0) is 6.07 Å². The molecular weight excluding hydrogens is 290 g/mol. The number of phenolic OH excluding ortho intramolecular Hbond substituents is 1. The second kappa shape index (κ2) is 5.71. The van der Waals surface area contributed by atoms with E-state index in [0.717, 1.165) is 0 Å². The van der Waals surface area contributed by atoms with Gasteiger partial charge in [0.15, 0.2) is 0 Å². The van der Waals surface area contributed by atoms with E-state index in [9.17, 15) is 14.7 Å². The summed E-state index contributed by atoms with van der Waals surface area (Å²) >= 11 is 6.84. The van der Waals surface area contributed by atoms with Crippen LogP contribution in [0.4, 0.5) is 0 Å². The molecule has 1 aliphatic heterocycles. The van der Waals surface area contributed by atoms with Gasteiger partial charge in [0.2, 0.25) is 5.91 Å². The number of carboxylic acids is 1. The number of thioether (sulfide) groups is 1. The molecule has 1 fully saturated rings. The van der Waals surface area contributed by atoms with Gasteiger partial charge in [0.25, 0.3) is 0 Å². The Labute approximate surface area is 119 Å². The third-order valence-electron chi connectivity index (χ3n) is 2.89. The first-order chi connectivity index (χ1) is 9.06. The van der Waals surface area contributed by atoms with E-state index in [1.807, 2.05) is 0 Å². The van der Waals surface area contributed by atoms with Crippen LogP contribution in [0, 0.1) is 0 Å². The van der Waals surface area contributed by atoms with Crippen LogP contribution in [-0.2, 0) is 9.59 Å². The molecule has 102 valence electrons. The van der Waals surface area contributed by atoms with E-state index in [4.69, 9.17) is 16.7 Å². The first-order valence-electron chi connectivity index (χ1n) is 5.55. The molecule has 2 atom stereocenters. The Balaban J connectivity index is 2.37. The molecule has 1 aromatic rings. The van der Waals surface area contributed by atoms with Gasteiger partial charge < -0.3 is 15.1 Å². The van der Waals surface area contributed by atoms with E-state index in [-0.39, 0.29) is 17.4 Å². The number of carbonyl (C=O) groups is 2. The van der Waals surface area contributed by atoms with Crippen LogP contribution in [0.2, 0.25) is 0 Å². The summed E-state index contributed by atoms with van der Waals surface area (Å²) in [5.74, 6) is -1.49. The van der Waals surface area contributed by atoms with Gasteiger partial charge in [-0.2, -0.15) is 0 Å². The van der Waals surface area contributed by atoms with Crippen molar-refractivity contribution in [3.63, 3.8) is 0 Å². The van der Waals surface area contributed by atoms with Crippen molar-refractivity contribution in [1.82, 2.24) is 4.90 Å². The number of aliphatic carboxylic acids is 1. The normalized spacial score (nSPS) is 22.5. The average molecular weight is 302 g/mol. The summed E-state index contributed by atoms with van der Waals surface area (Å²) in [5, 5.41) is 18.5. The van der Waals surface area contributed by atoms with Crippen LogP contribution in [0.5, 0.6) is 5.75 Å². The van der Waals surface area contributed by atoms with Gasteiger partial charge in [-0.25, -0.2) is 4.79 Å². The number of carbonyl (C=O) groups excluding carboxylic acids is 1. The summed E-state index contributed by atoms with van der Waals surface area (Å²) in [7, 11) is 0. The molecule has 0 radical (unpaired) electrons. The molecule has 2 unspecified atom stereocenters. The number of aromatic hydroxyl groups is 1. The number of benzene rings is 1. The fourth-order valence-electron chi connectivity index (χ4n) is 2.01. The van der Waals surface area contributed by atoms with Gasteiger partial charge in [-0.3, -0.25) is 4.79 Å². The average Bonchev–Trinajstić information content (AvgIpc) is 2.83. The van der Waals surface area contributed by atoms with E-state index >= 15 is 0 Å². The van der Waals surface area contributed by atoms with Crippen LogP contribution in [0.1, 0.15) is 10.9 Å². The Morgan fingerprint density at radius 3 is 2.68 bits per heavy atom. The Morgan fingerprint density at radius 2 is 2.11 bits per heavy atom. The maximum absolute atomic E-state index is 11.9. The minimum atomic E-state index is -1.07. The number of nitrogens with zero attached hydrogens (tertiary/aromatic N) is 1. The van der Waals surface area contributed by atoms with Gasteiger partial charge in [-0.1, -0.05) is 18.2 Å². The summed E-state index contributed by atoms with van der Waals surface area (Å²) in [5.41, 5.74) is 0.523. The fourth-order valence-corrected chi connectivity index (χ4v) is 3.62. The van der Waals surface area contributed by atoms with Crippen molar-refractivity contribution >= 4 is 35.2 Å². The minimum absolute atomic E-state index is 0.0402. The molecule has 19 heavy (non-hydrogen) atoms. The Morgan fingerprint density at radius 1 is 1.42 bits per heavy atom. The van der Waals surface area contributed by atoms with Crippen LogP contribution < -0.4 is 0 Å². The van der Waals surface area contributed by atoms with E-state index in [1.165, 1.54) is 22.7 Å². The second-order valence-corrected chi connectivity index (χ2v) is 5.41. The summed E-state index contributed by atoms with van der Waals surface area (Å²) in [6, 6.07) is 5.66. The van der Waals surface area contributed by atoms with Gasteiger partial charge in [-0.15, -0.1) is 23.4 Å². The maximum Gasteiger partial charge on any atom is 0.327 e. The lowest BCUT2D eigenvalue weighted by Gasteiger charge is -2.27. The molecule has 1 saturated heterocycles. The van der Waals surface area contributed by atoms with Gasteiger partial charge >= 0.3 is 5.97 Å². The Bertz CT molecular complexity index is 510. The quantitative estimate of drug-likeness (QED) is 0.830. The lowest BCUT2D eigenvalue weighted by Crippen LogP contribution is -2.43. The monoisotopic (exact) mass is 301 g/mol. The van der Waals surface area contributed by atoms with E-state index < -0.39 is 23.3 Å². The molecule has 0 aliphatic carbocycles. The van der Waals surface area contributed by atoms with Crippen molar-refractivity contribution < 1.29 is 19.8 Å². The number of para-hydroxylation sites is 1. The highest BCUT2D eigenvalue weighted by atomic mass is 35.5. The number of carboxylic acid groups (broad SMARTS) is 1. The van der Waals surface area contributed by atoms with Crippen molar-refractivity contribution in [2.75, 3.05) is 11.6 Å². The largest absolute Gasteiger partial charge is 0.508 e. The standard InChI is InChI=1S/C12H12ClNO4S/c13-5-10(16)14-8(12(17)18)6-19-11(14)7-3-1-2-4-9(7)15/h1-4,8,11,15H,5-6H2,(H,17,18). The lowest BCUT2D eigenvalue weighted by molar-refractivity contribution is -0.148. The molecule has 5 nitrogen and oxygen atoms in total. The van der Waals surface area contributed by atoms with Crippen molar-refractivity contribution in [2.45, 2.75) is 11.4 Å². The van der Waals surface area contributed by atoms with E-state index in [2.05, 4.69) is 0 Å². The molecule has 0 bridgehead atoms. The molecule has 7 heteroatoms. The minimum Gasteiger partial charge on any atom is -0.508 e. The third kappa shape index (κ3) is 2.64. The second-order valence-electron chi connectivity index (χ2n) is 4.03. The van der Waals surface area contributed by atoms with Crippen LogP contribution >= 0.6 is 23.4 Å². The summed E-state index contributed by atoms with van der Waals surface area (Å²) in [4.78, 5) is 24.3. The molecule has 0 saturated carbocycles. The number of hydrogen-bond acceptors (Lipinski definition) is 4. The molecule has 1 aromatic carbocycles. The smallest absolute Gasteiger partial charge is 0.327 e. The Kier molecular flexibility index (Phi) is 4.21. The summed E-state index contributed by atoms with van der Waals surface area (Å²) in [6.45, 7) is 0. The number of hydrogen-bond donors (Lipinski definition) is 2. The number of rotatable bonds is 3. The third-order valence-corrected chi connectivity index (χ3v) is 4.42. The topological polar surface area (TPSA) is 77.8 Å². The number of alkyl halides is 1. The Hall–Kier alpha value is -1.40. The highest BCUT2D eigenvalue weighted by Gasteiger charge is 2.42. The van der Waals surface area contributed by atoms with Gasteiger partial charge in [0, 0.05) is 11.3 Å². The van der Waals surface area contributed by atoms with Crippen molar-refractivity contribution in [3.05, 3.63) is 29.8 Å². The molecule has 2 N–H and O–H groups in total. The highest BCUT2D eigenvalue weighted by molar-refractivity contribution is 7.99. The lowest BCUT2D eigenvalue weighted by atomic mass is 10.1. The number of phenols is 1. The van der Waals surface area contributed by atoms with Crippen molar-refractivity contribution in [1.29, 1.82) is 0 Å². The first-order valence-corrected chi connectivity index (χ1v) is 7.14. The van der Waals surface area contributed by atoms with E-state index in [1.54, 1.807) is 18.2 Å². The number of amides is 1. The molecule has 1 heterocycles. The van der Waals surface area contributed by atoms with Gasteiger partial charge in [0.05, 0.1) is 0 Å². The van der Waals surface area contributed by atoms with Crippen molar-refractivity contribution in [2.24, 2.45) is 0 Å². The summed E-state index contributed by atoms with van der Waals surface area (Å²) < 4.78 is 0. The van der Waals surface area contributed by atoms with Crippen LogP contribution in [-0.4, -0.2) is 44.7 Å². The molecular formula is C12H12ClNO4S. The van der Waals surface area contributed by atoms with Crippen LogP contribution in [0.3, 0.4) is 0 Å². The van der Waals surface area contributed by atoms with Crippen molar-refractivity contribution in [3.8, 4) is 5.75 Å². The zero-order valence-electron chi connectivity index (χ0n) is 9.82.